The zero-order valence-corrected chi connectivity index (χ0v) is 9.39. The molecule has 78 valence electrons. The Hall–Kier alpha value is -0.0800. The normalized spacial score (nSPS) is 27.7. The van der Waals surface area contributed by atoms with Gasteiger partial charge in [-0.3, -0.25) is 0 Å². The van der Waals surface area contributed by atoms with Crippen molar-refractivity contribution in [3.63, 3.8) is 0 Å². The van der Waals surface area contributed by atoms with Crippen molar-refractivity contribution in [1.29, 1.82) is 0 Å². The molecule has 2 unspecified atom stereocenters. The lowest BCUT2D eigenvalue weighted by atomic mass is 10.2. The van der Waals surface area contributed by atoms with Crippen molar-refractivity contribution in [2.75, 3.05) is 13.2 Å². The maximum absolute atomic E-state index is 5.61. The van der Waals surface area contributed by atoms with Crippen molar-refractivity contribution in [3.05, 3.63) is 0 Å². The quantitative estimate of drug-likeness (QED) is 0.663. The van der Waals surface area contributed by atoms with E-state index in [-0.39, 0.29) is 5.60 Å². The average molecular weight is 185 g/mol. The predicted octanol–water partition coefficient (Wildman–Crippen LogP) is 2.19. The van der Waals surface area contributed by atoms with Gasteiger partial charge in [0.05, 0.1) is 12.2 Å². The van der Waals surface area contributed by atoms with Gasteiger partial charge in [0.15, 0.2) is 0 Å². The van der Waals surface area contributed by atoms with Gasteiger partial charge >= 0.3 is 0 Å². The van der Waals surface area contributed by atoms with Crippen molar-refractivity contribution in [2.24, 2.45) is 5.92 Å². The fourth-order valence-electron chi connectivity index (χ4n) is 1.55. The van der Waals surface area contributed by atoms with Gasteiger partial charge in [0.25, 0.3) is 0 Å². The number of hydrogen-bond acceptors (Lipinski definition) is 2. The van der Waals surface area contributed by atoms with Crippen molar-refractivity contribution in [2.45, 2.75) is 52.2 Å². The molecule has 0 heterocycles. The SMILES string of the molecule is CCC1CC1NCCOC(C)(C)C. The second-order valence-electron chi connectivity index (χ2n) is 4.93. The van der Waals surface area contributed by atoms with Crippen LogP contribution < -0.4 is 5.32 Å². The van der Waals surface area contributed by atoms with Crippen LogP contribution in [0.2, 0.25) is 0 Å². The van der Waals surface area contributed by atoms with Gasteiger partial charge in [-0.1, -0.05) is 13.3 Å². The van der Waals surface area contributed by atoms with Gasteiger partial charge < -0.3 is 10.1 Å². The Bertz CT molecular complexity index is 151. The van der Waals surface area contributed by atoms with Crippen LogP contribution in [-0.4, -0.2) is 24.8 Å². The molecule has 0 aromatic heterocycles. The minimum Gasteiger partial charge on any atom is -0.375 e. The first-order valence-corrected chi connectivity index (χ1v) is 5.40. The van der Waals surface area contributed by atoms with E-state index in [0.717, 1.165) is 25.1 Å². The van der Waals surface area contributed by atoms with Gasteiger partial charge in [-0.05, 0) is 33.1 Å². The van der Waals surface area contributed by atoms with Crippen molar-refractivity contribution >= 4 is 0 Å². The molecule has 1 saturated carbocycles. The minimum atomic E-state index is 0.00931. The maximum atomic E-state index is 5.61. The molecular weight excluding hydrogens is 162 g/mol. The van der Waals surface area contributed by atoms with Crippen molar-refractivity contribution in [1.82, 2.24) is 5.32 Å². The highest BCUT2D eigenvalue weighted by Crippen LogP contribution is 2.32. The van der Waals surface area contributed by atoms with E-state index in [2.05, 4.69) is 33.0 Å². The van der Waals surface area contributed by atoms with Crippen LogP contribution in [0.25, 0.3) is 0 Å². The molecule has 0 spiro atoms. The summed E-state index contributed by atoms with van der Waals surface area (Å²) in [5.74, 6) is 0.939. The van der Waals surface area contributed by atoms with E-state index in [1.54, 1.807) is 0 Å². The Morgan fingerprint density at radius 3 is 2.54 bits per heavy atom. The summed E-state index contributed by atoms with van der Waals surface area (Å²) in [7, 11) is 0. The van der Waals surface area contributed by atoms with Gasteiger partial charge in [-0.15, -0.1) is 0 Å². The molecule has 2 atom stereocenters. The molecule has 1 fully saturated rings. The lowest BCUT2D eigenvalue weighted by Crippen LogP contribution is -2.28. The van der Waals surface area contributed by atoms with E-state index in [1.165, 1.54) is 12.8 Å². The molecule has 0 bridgehead atoms. The molecule has 0 aromatic carbocycles. The number of ether oxygens (including phenoxy) is 1. The molecule has 1 aliphatic rings. The topological polar surface area (TPSA) is 21.3 Å². The Labute approximate surface area is 82.0 Å². The first-order chi connectivity index (χ1) is 6.03. The van der Waals surface area contributed by atoms with Crippen molar-refractivity contribution < 1.29 is 4.74 Å². The van der Waals surface area contributed by atoms with Crippen LogP contribution in [-0.2, 0) is 4.74 Å². The first-order valence-electron chi connectivity index (χ1n) is 5.40. The highest BCUT2D eigenvalue weighted by Gasteiger charge is 2.34. The Balaban J connectivity index is 1.91. The number of nitrogens with one attached hydrogen (secondary N) is 1. The van der Waals surface area contributed by atoms with Gasteiger partial charge in [0, 0.05) is 12.6 Å². The Morgan fingerprint density at radius 2 is 2.08 bits per heavy atom. The molecule has 0 aliphatic heterocycles. The standard InChI is InChI=1S/C11H23NO/c1-5-9-8-10(9)12-6-7-13-11(2,3)4/h9-10,12H,5-8H2,1-4H3. The summed E-state index contributed by atoms with van der Waals surface area (Å²) in [5.41, 5.74) is 0.00931. The third-order valence-corrected chi connectivity index (χ3v) is 2.49. The first kappa shape index (κ1) is 11.0. The summed E-state index contributed by atoms with van der Waals surface area (Å²) < 4.78 is 5.61. The molecule has 1 aliphatic carbocycles. The minimum absolute atomic E-state index is 0.00931. The zero-order chi connectivity index (χ0) is 9.90. The molecule has 1 N–H and O–H groups in total. The molecular formula is C11H23NO. The van der Waals surface area contributed by atoms with Crippen LogP contribution in [0, 0.1) is 5.92 Å². The van der Waals surface area contributed by atoms with Crippen LogP contribution in [0.4, 0.5) is 0 Å². The van der Waals surface area contributed by atoms with Gasteiger partial charge in [0.2, 0.25) is 0 Å². The summed E-state index contributed by atoms with van der Waals surface area (Å²) in [6.45, 7) is 10.4. The second kappa shape index (κ2) is 4.43. The summed E-state index contributed by atoms with van der Waals surface area (Å²) >= 11 is 0. The highest BCUT2D eigenvalue weighted by atomic mass is 16.5. The van der Waals surface area contributed by atoms with Crippen LogP contribution >= 0.6 is 0 Å². The van der Waals surface area contributed by atoms with Crippen LogP contribution in [0.3, 0.4) is 0 Å². The molecule has 1 rings (SSSR count). The van der Waals surface area contributed by atoms with E-state index in [4.69, 9.17) is 4.74 Å². The maximum Gasteiger partial charge on any atom is 0.0599 e. The van der Waals surface area contributed by atoms with E-state index in [1.807, 2.05) is 0 Å². The van der Waals surface area contributed by atoms with Crippen LogP contribution in [0.15, 0.2) is 0 Å². The van der Waals surface area contributed by atoms with E-state index < -0.39 is 0 Å². The highest BCUT2D eigenvalue weighted by molar-refractivity contribution is 4.91. The third kappa shape index (κ3) is 4.63. The molecule has 0 radical (unpaired) electrons. The van der Waals surface area contributed by atoms with Crippen molar-refractivity contribution in [3.8, 4) is 0 Å². The van der Waals surface area contributed by atoms with Crippen LogP contribution in [0.5, 0.6) is 0 Å². The predicted molar refractivity (Wildman–Crippen MR) is 55.9 cm³/mol. The molecule has 0 amide bonds. The fourth-order valence-corrected chi connectivity index (χ4v) is 1.55. The van der Waals surface area contributed by atoms with E-state index in [0.29, 0.717) is 0 Å². The zero-order valence-electron chi connectivity index (χ0n) is 9.39. The summed E-state index contributed by atoms with van der Waals surface area (Å²) in [4.78, 5) is 0. The summed E-state index contributed by atoms with van der Waals surface area (Å²) in [5, 5.41) is 3.51. The average Bonchev–Trinajstić information content (AvgIpc) is 2.75. The molecule has 2 heteroatoms. The monoisotopic (exact) mass is 185 g/mol. The Morgan fingerprint density at radius 1 is 1.38 bits per heavy atom. The summed E-state index contributed by atoms with van der Waals surface area (Å²) in [6, 6.07) is 0.786. The molecule has 0 aromatic rings. The number of rotatable bonds is 5. The fraction of sp³-hybridized carbons (Fsp3) is 1.00. The second-order valence-corrected chi connectivity index (χ2v) is 4.93. The molecule has 0 saturated heterocycles. The van der Waals surface area contributed by atoms with E-state index >= 15 is 0 Å². The smallest absolute Gasteiger partial charge is 0.0599 e. The third-order valence-electron chi connectivity index (χ3n) is 2.49. The number of hydrogen-bond donors (Lipinski definition) is 1. The largest absolute Gasteiger partial charge is 0.375 e. The van der Waals surface area contributed by atoms with Gasteiger partial charge in [-0.25, -0.2) is 0 Å². The van der Waals surface area contributed by atoms with Crippen LogP contribution in [0.1, 0.15) is 40.5 Å². The Kier molecular flexibility index (Phi) is 3.74. The lowest BCUT2D eigenvalue weighted by molar-refractivity contribution is -0.00100. The van der Waals surface area contributed by atoms with Gasteiger partial charge in [-0.2, -0.15) is 0 Å². The molecule has 13 heavy (non-hydrogen) atoms. The molecule has 2 nitrogen and oxygen atoms in total. The summed E-state index contributed by atoms with van der Waals surface area (Å²) in [6.07, 6.45) is 2.68. The lowest BCUT2D eigenvalue weighted by Gasteiger charge is -2.19. The van der Waals surface area contributed by atoms with E-state index in [9.17, 15) is 0 Å². The van der Waals surface area contributed by atoms with Gasteiger partial charge in [0.1, 0.15) is 0 Å².